The van der Waals surface area contributed by atoms with Crippen LogP contribution in [0.3, 0.4) is 0 Å². The average Bonchev–Trinajstić information content (AvgIpc) is 2.78. The molecule has 0 N–H and O–H groups in total. The highest BCUT2D eigenvalue weighted by atomic mass is 19.1. The van der Waals surface area contributed by atoms with E-state index < -0.39 is 0 Å². The maximum absolute atomic E-state index is 13.7. The van der Waals surface area contributed by atoms with E-state index in [2.05, 4.69) is 4.98 Å². The first-order valence-electron chi connectivity index (χ1n) is 5.59. The molecular weight excluding hydrogens is 219 g/mol. The Balaban J connectivity index is 2.10. The number of imidazole rings is 1. The fourth-order valence-corrected chi connectivity index (χ4v) is 1.64. The van der Waals surface area contributed by atoms with E-state index in [9.17, 15) is 4.39 Å². The fourth-order valence-electron chi connectivity index (χ4n) is 1.64. The number of rotatable bonds is 4. The third-order valence-corrected chi connectivity index (χ3v) is 2.67. The van der Waals surface area contributed by atoms with Gasteiger partial charge in [0.2, 0.25) is 0 Å². The SMILES string of the molecule is CCn1cncc1COc1cccc(C)c1F. The van der Waals surface area contributed by atoms with Crippen molar-refractivity contribution in [3.8, 4) is 5.75 Å². The largest absolute Gasteiger partial charge is 0.484 e. The Hall–Kier alpha value is -1.84. The predicted octanol–water partition coefficient (Wildman–Crippen LogP) is 2.93. The minimum absolute atomic E-state index is 0.286. The summed E-state index contributed by atoms with van der Waals surface area (Å²) < 4.78 is 21.1. The van der Waals surface area contributed by atoms with E-state index >= 15 is 0 Å². The van der Waals surface area contributed by atoms with Crippen LogP contribution in [0.1, 0.15) is 18.2 Å². The zero-order chi connectivity index (χ0) is 12.3. The van der Waals surface area contributed by atoms with Crippen LogP contribution in [0.25, 0.3) is 0 Å². The predicted molar refractivity (Wildman–Crippen MR) is 63.4 cm³/mol. The van der Waals surface area contributed by atoms with Gasteiger partial charge in [0.1, 0.15) is 6.61 Å². The summed E-state index contributed by atoms with van der Waals surface area (Å²) in [6.07, 6.45) is 3.47. The van der Waals surface area contributed by atoms with E-state index in [4.69, 9.17) is 4.74 Å². The Morgan fingerprint density at radius 3 is 3.00 bits per heavy atom. The standard InChI is InChI=1S/C13H15FN2O/c1-3-16-9-15-7-11(16)8-17-12-6-4-5-10(2)13(12)14/h4-7,9H,3,8H2,1-2H3. The van der Waals surface area contributed by atoms with Gasteiger partial charge in [0, 0.05) is 6.54 Å². The molecule has 0 saturated heterocycles. The van der Waals surface area contributed by atoms with Gasteiger partial charge in [-0.25, -0.2) is 9.37 Å². The van der Waals surface area contributed by atoms with Crippen molar-refractivity contribution in [3.05, 3.63) is 47.8 Å². The maximum atomic E-state index is 13.7. The summed E-state index contributed by atoms with van der Waals surface area (Å²) in [5, 5.41) is 0. The molecule has 0 bridgehead atoms. The molecular formula is C13H15FN2O. The molecule has 2 rings (SSSR count). The molecule has 0 saturated carbocycles. The molecule has 0 aliphatic heterocycles. The molecule has 4 heteroatoms. The number of aryl methyl sites for hydroxylation is 2. The van der Waals surface area contributed by atoms with Gasteiger partial charge < -0.3 is 9.30 Å². The van der Waals surface area contributed by atoms with Gasteiger partial charge in [0.15, 0.2) is 11.6 Å². The normalized spacial score (nSPS) is 10.5. The van der Waals surface area contributed by atoms with E-state index in [0.717, 1.165) is 12.2 Å². The second-order valence-electron chi connectivity index (χ2n) is 3.85. The van der Waals surface area contributed by atoms with Gasteiger partial charge in [0.05, 0.1) is 18.2 Å². The average molecular weight is 234 g/mol. The topological polar surface area (TPSA) is 27.1 Å². The summed E-state index contributed by atoms with van der Waals surface area (Å²) in [5.41, 5.74) is 1.53. The second-order valence-corrected chi connectivity index (χ2v) is 3.85. The lowest BCUT2D eigenvalue weighted by Gasteiger charge is -2.09. The second kappa shape index (κ2) is 4.99. The van der Waals surface area contributed by atoms with Crippen LogP contribution in [-0.4, -0.2) is 9.55 Å². The van der Waals surface area contributed by atoms with Crippen LogP contribution in [0.5, 0.6) is 5.75 Å². The third kappa shape index (κ3) is 2.46. The van der Waals surface area contributed by atoms with Gasteiger partial charge in [0.25, 0.3) is 0 Å². The highest BCUT2D eigenvalue weighted by Crippen LogP contribution is 2.20. The summed E-state index contributed by atoms with van der Waals surface area (Å²) >= 11 is 0. The monoisotopic (exact) mass is 234 g/mol. The Bertz CT molecular complexity index is 508. The lowest BCUT2D eigenvalue weighted by molar-refractivity contribution is 0.280. The van der Waals surface area contributed by atoms with Crippen molar-refractivity contribution in [1.82, 2.24) is 9.55 Å². The Morgan fingerprint density at radius 1 is 1.41 bits per heavy atom. The lowest BCUT2D eigenvalue weighted by atomic mass is 10.2. The Morgan fingerprint density at radius 2 is 2.24 bits per heavy atom. The first-order valence-corrected chi connectivity index (χ1v) is 5.59. The van der Waals surface area contributed by atoms with Gasteiger partial charge in [-0.3, -0.25) is 0 Å². The van der Waals surface area contributed by atoms with Crippen molar-refractivity contribution in [2.45, 2.75) is 27.0 Å². The molecule has 0 aliphatic rings. The van der Waals surface area contributed by atoms with Crippen molar-refractivity contribution in [2.24, 2.45) is 0 Å². The van der Waals surface area contributed by atoms with E-state index in [1.807, 2.05) is 11.5 Å². The van der Waals surface area contributed by atoms with Crippen LogP contribution in [0.15, 0.2) is 30.7 Å². The van der Waals surface area contributed by atoms with Crippen LogP contribution >= 0.6 is 0 Å². The molecule has 0 amide bonds. The van der Waals surface area contributed by atoms with Crippen molar-refractivity contribution < 1.29 is 9.13 Å². The van der Waals surface area contributed by atoms with Crippen molar-refractivity contribution in [2.75, 3.05) is 0 Å². The van der Waals surface area contributed by atoms with Crippen molar-refractivity contribution in [1.29, 1.82) is 0 Å². The molecule has 1 aromatic heterocycles. The number of hydrogen-bond acceptors (Lipinski definition) is 2. The van der Waals surface area contributed by atoms with Gasteiger partial charge in [-0.2, -0.15) is 0 Å². The molecule has 0 unspecified atom stereocenters. The van der Waals surface area contributed by atoms with Crippen LogP contribution in [0.4, 0.5) is 4.39 Å². The lowest BCUT2D eigenvalue weighted by Crippen LogP contribution is -2.04. The summed E-state index contributed by atoms with van der Waals surface area (Å²) in [5.74, 6) is -0.0103. The first kappa shape index (κ1) is 11.6. The number of benzene rings is 1. The van der Waals surface area contributed by atoms with Crippen LogP contribution < -0.4 is 4.74 Å². The van der Waals surface area contributed by atoms with Crippen LogP contribution in [0, 0.1) is 12.7 Å². The number of halogens is 1. The molecule has 1 aromatic carbocycles. The number of nitrogens with zero attached hydrogens (tertiary/aromatic N) is 2. The molecule has 1 heterocycles. The summed E-state index contributed by atoms with van der Waals surface area (Å²) in [6, 6.07) is 5.14. The van der Waals surface area contributed by atoms with E-state index in [1.165, 1.54) is 0 Å². The van der Waals surface area contributed by atoms with E-state index in [1.54, 1.807) is 37.6 Å². The van der Waals surface area contributed by atoms with Gasteiger partial charge in [-0.1, -0.05) is 12.1 Å². The molecule has 0 spiro atoms. The fraction of sp³-hybridized carbons (Fsp3) is 0.308. The van der Waals surface area contributed by atoms with E-state index in [-0.39, 0.29) is 11.6 Å². The number of aromatic nitrogens is 2. The Kier molecular flexibility index (Phi) is 3.42. The quantitative estimate of drug-likeness (QED) is 0.813. The van der Waals surface area contributed by atoms with Gasteiger partial charge in [-0.05, 0) is 25.5 Å². The summed E-state index contributed by atoms with van der Waals surface area (Å²) in [7, 11) is 0. The van der Waals surface area contributed by atoms with Gasteiger partial charge >= 0.3 is 0 Å². The Labute approximate surface area is 99.9 Å². The molecule has 0 fully saturated rings. The summed E-state index contributed by atoms with van der Waals surface area (Å²) in [6.45, 7) is 4.90. The number of hydrogen-bond donors (Lipinski definition) is 0. The summed E-state index contributed by atoms with van der Waals surface area (Å²) in [4.78, 5) is 4.03. The molecule has 0 atom stereocenters. The van der Waals surface area contributed by atoms with Gasteiger partial charge in [-0.15, -0.1) is 0 Å². The molecule has 0 radical (unpaired) electrons. The van der Waals surface area contributed by atoms with E-state index in [0.29, 0.717) is 12.2 Å². The molecule has 17 heavy (non-hydrogen) atoms. The molecule has 0 aliphatic carbocycles. The minimum Gasteiger partial charge on any atom is -0.484 e. The highest BCUT2D eigenvalue weighted by molar-refractivity contribution is 5.30. The molecule has 2 aromatic rings. The highest BCUT2D eigenvalue weighted by Gasteiger charge is 2.07. The number of ether oxygens (including phenoxy) is 1. The van der Waals surface area contributed by atoms with Crippen molar-refractivity contribution in [3.63, 3.8) is 0 Å². The van der Waals surface area contributed by atoms with Crippen LogP contribution in [0.2, 0.25) is 0 Å². The first-order chi connectivity index (χ1) is 8.22. The maximum Gasteiger partial charge on any atom is 0.167 e. The minimum atomic E-state index is -0.296. The zero-order valence-corrected chi connectivity index (χ0v) is 9.98. The van der Waals surface area contributed by atoms with Crippen LogP contribution in [-0.2, 0) is 13.2 Å². The molecule has 3 nitrogen and oxygen atoms in total. The zero-order valence-electron chi connectivity index (χ0n) is 9.98. The smallest absolute Gasteiger partial charge is 0.167 e. The molecule has 90 valence electrons. The van der Waals surface area contributed by atoms with Crippen molar-refractivity contribution >= 4 is 0 Å². The third-order valence-electron chi connectivity index (χ3n) is 2.67.